The molecule has 0 saturated heterocycles. The summed E-state index contributed by atoms with van der Waals surface area (Å²) in [6, 6.07) is 1.81. The summed E-state index contributed by atoms with van der Waals surface area (Å²) in [5.41, 5.74) is 0.705. The van der Waals surface area contributed by atoms with Crippen LogP contribution in [0.5, 0.6) is 0 Å². The lowest BCUT2D eigenvalue weighted by molar-refractivity contribution is -0.0110. The average Bonchev–Trinajstić information content (AvgIpc) is 2.77. The number of carbonyl (C=O) groups is 1. The van der Waals surface area contributed by atoms with E-state index in [0.717, 1.165) is 37.8 Å². The second-order valence-electron chi connectivity index (χ2n) is 6.11. The molecule has 1 amide bonds. The van der Waals surface area contributed by atoms with Gasteiger partial charge in [0.2, 0.25) is 0 Å². The number of rotatable bonds is 4. The standard InChI is InChI=1S/C15H25N3O2/c1-4-12-8-13(18(3)17-12)14(19)16-10-15(20)7-5-6-11(2)9-15/h8,11,20H,4-7,9-10H2,1-3H3,(H,16,19). The number of hydrogen-bond donors (Lipinski definition) is 2. The highest BCUT2D eigenvalue weighted by Crippen LogP contribution is 2.31. The van der Waals surface area contributed by atoms with Crippen LogP contribution < -0.4 is 5.32 Å². The lowest BCUT2D eigenvalue weighted by Crippen LogP contribution is -2.46. The second-order valence-corrected chi connectivity index (χ2v) is 6.11. The Bertz CT molecular complexity index is 483. The molecule has 2 N–H and O–H groups in total. The number of carbonyl (C=O) groups excluding carboxylic acids is 1. The van der Waals surface area contributed by atoms with Gasteiger partial charge in [0.1, 0.15) is 5.69 Å². The first-order chi connectivity index (χ1) is 9.43. The third kappa shape index (κ3) is 3.39. The van der Waals surface area contributed by atoms with Crippen molar-refractivity contribution in [2.45, 2.75) is 51.6 Å². The predicted octanol–water partition coefficient (Wildman–Crippen LogP) is 1.65. The molecule has 1 heterocycles. The smallest absolute Gasteiger partial charge is 0.269 e. The van der Waals surface area contributed by atoms with Crippen molar-refractivity contribution in [1.29, 1.82) is 0 Å². The van der Waals surface area contributed by atoms with Gasteiger partial charge in [-0.1, -0.05) is 26.7 Å². The maximum Gasteiger partial charge on any atom is 0.269 e. The summed E-state index contributed by atoms with van der Waals surface area (Å²) >= 11 is 0. The molecule has 5 heteroatoms. The molecule has 0 aromatic carbocycles. The Hall–Kier alpha value is -1.36. The minimum Gasteiger partial charge on any atom is -0.388 e. The molecule has 1 aliphatic rings. The van der Waals surface area contributed by atoms with E-state index in [1.165, 1.54) is 0 Å². The molecule has 0 aliphatic heterocycles. The van der Waals surface area contributed by atoms with E-state index >= 15 is 0 Å². The van der Waals surface area contributed by atoms with Crippen LogP contribution in [0.15, 0.2) is 6.07 Å². The minimum atomic E-state index is -0.750. The molecular formula is C15H25N3O2. The van der Waals surface area contributed by atoms with E-state index < -0.39 is 5.60 Å². The third-order valence-corrected chi connectivity index (χ3v) is 4.17. The van der Waals surface area contributed by atoms with Gasteiger partial charge in [0.15, 0.2) is 0 Å². The number of aliphatic hydroxyl groups is 1. The lowest BCUT2D eigenvalue weighted by atomic mass is 9.79. The van der Waals surface area contributed by atoms with Crippen LogP contribution >= 0.6 is 0 Å². The molecule has 2 unspecified atom stereocenters. The number of aromatic nitrogens is 2. The van der Waals surface area contributed by atoms with Gasteiger partial charge in [0.05, 0.1) is 11.3 Å². The summed E-state index contributed by atoms with van der Waals surface area (Å²) < 4.78 is 1.60. The Morgan fingerprint density at radius 2 is 2.40 bits per heavy atom. The van der Waals surface area contributed by atoms with Crippen LogP contribution in [-0.2, 0) is 13.5 Å². The zero-order chi connectivity index (χ0) is 14.8. The molecule has 2 rings (SSSR count). The molecule has 1 saturated carbocycles. The maximum absolute atomic E-state index is 12.2. The fourth-order valence-electron chi connectivity index (χ4n) is 3.04. The van der Waals surface area contributed by atoms with Gasteiger partial charge in [-0.15, -0.1) is 0 Å². The number of amides is 1. The van der Waals surface area contributed by atoms with Crippen molar-refractivity contribution in [3.63, 3.8) is 0 Å². The van der Waals surface area contributed by atoms with E-state index in [1.807, 2.05) is 13.0 Å². The van der Waals surface area contributed by atoms with Crippen molar-refractivity contribution >= 4 is 5.91 Å². The van der Waals surface area contributed by atoms with Gasteiger partial charge in [-0.05, 0) is 31.2 Å². The van der Waals surface area contributed by atoms with E-state index in [4.69, 9.17) is 0 Å². The molecule has 2 atom stereocenters. The monoisotopic (exact) mass is 279 g/mol. The average molecular weight is 279 g/mol. The van der Waals surface area contributed by atoms with Crippen LogP contribution in [0.4, 0.5) is 0 Å². The second kappa shape index (κ2) is 5.95. The first-order valence-corrected chi connectivity index (χ1v) is 7.47. The van der Waals surface area contributed by atoms with Gasteiger partial charge in [-0.2, -0.15) is 5.10 Å². The third-order valence-electron chi connectivity index (χ3n) is 4.17. The quantitative estimate of drug-likeness (QED) is 0.880. The highest BCUT2D eigenvalue weighted by atomic mass is 16.3. The van der Waals surface area contributed by atoms with Crippen LogP contribution in [0.1, 0.15) is 55.7 Å². The Morgan fingerprint density at radius 3 is 3.00 bits per heavy atom. The van der Waals surface area contributed by atoms with Gasteiger partial charge < -0.3 is 10.4 Å². The number of aryl methyl sites for hydroxylation is 2. The van der Waals surface area contributed by atoms with Gasteiger partial charge in [-0.25, -0.2) is 0 Å². The summed E-state index contributed by atoms with van der Waals surface area (Å²) in [6.07, 6.45) is 4.53. The van der Waals surface area contributed by atoms with E-state index in [1.54, 1.807) is 11.7 Å². The lowest BCUT2D eigenvalue weighted by Gasteiger charge is -2.35. The minimum absolute atomic E-state index is 0.161. The van der Waals surface area contributed by atoms with Crippen molar-refractivity contribution in [2.24, 2.45) is 13.0 Å². The topological polar surface area (TPSA) is 67.2 Å². The molecule has 5 nitrogen and oxygen atoms in total. The summed E-state index contributed by atoms with van der Waals surface area (Å²) in [5, 5.41) is 17.6. The van der Waals surface area contributed by atoms with Crippen LogP contribution in [0.25, 0.3) is 0 Å². The SMILES string of the molecule is CCc1cc(C(=O)NCC2(O)CCCC(C)C2)n(C)n1. The molecule has 112 valence electrons. The Labute approximate surface area is 120 Å². The molecular weight excluding hydrogens is 254 g/mol. The molecule has 0 bridgehead atoms. The van der Waals surface area contributed by atoms with Crippen molar-refractivity contribution in [2.75, 3.05) is 6.54 Å². The molecule has 1 aliphatic carbocycles. The first kappa shape index (κ1) is 15.0. The number of hydrogen-bond acceptors (Lipinski definition) is 3. The largest absolute Gasteiger partial charge is 0.388 e. The molecule has 0 spiro atoms. The van der Waals surface area contributed by atoms with E-state index in [-0.39, 0.29) is 5.91 Å². The molecule has 20 heavy (non-hydrogen) atoms. The molecule has 0 radical (unpaired) electrons. The van der Waals surface area contributed by atoms with E-state index in [9.17, 15) is 9.90 Å². The maximum atomic E-state index is 12.2. The first-order valence-electron chi connectivity index (χ1n) is 7.47. The van der Waals surface area contributed by atoms with E-state index in [0.29, 0.717) is 18.2 Å². The summed E-state index contributed by atoms with van der Waals surface area (Å²) in [4.78, 5) is 12.2. The van der Waals surface area contributed by atoms with Crippen LogP contribution in [-0.4, -0.2) is 32.9 Å². The van der Waals surface area contributed by atoms with Crippen LogP contribution in [0.2, 0.25) is 0 Å². The fraction of sp³-hybridized carbons (Fsp3) is 0.733. The van der Waals surface area contributed by atoms with E-state index in [2.05, 4.69) is 17.3 Å². The summed E-state index contributed by atoms with van der Waals surface area (Å²) in [5.74, 6) is 0.361. The highest BCUT2D eigenvalue weighted by molar-refractivity contribution is 5.92. The Kier molecular flexibility index (Phi) is 4.48. The summed E-state index contributed by atoms with van der Waals surface area (Å²) in [7, 11) is 1.77. The number of nitrogens with zero attached hydrogens (tertiary/aromatic N) is 2. The van der Waals surface area contributed by atoms with Gasteiger partial charge >= 0.3 is 0 Å². The van der Waals surface area contributed by atoms with Crippen molar-refractivity contribution in [1.82, 2.24) is 15.1 Å². The van der Waals surface area contributed by atoms with Crippen molar-refractivity contribution < 1.29 is 9.90 Å². The van der Waals surface area contributed by atoms with Gasteiger partial charge in [-0.3, -0.25) is 9.48 Å². The Balaban J connectivity index is 1.96. The number of nitrogens with one attached hydrogen (secondary N) is 1. The van der Waals surface area contributed by atoms with Gasteiger partial charge in [0.25, 0.3) is 5.91 Å². The molecule has 1 aromatic heterocycles. The van der Waals surface area contributed by atoms with Crippen molar-refractivity contribution in [3.8, 4) is 0 Å². The predicted molar refractivity (Wildman–Crippen MR) is 77.5 cm³/mol. The molecule has 1 aromatic rings. The Morgan fingerprint density at radius 1 is 1.65 bits per heavy atom. The van der Waals surface area contributed by atoms with Crippen LogP contribution in [0.3, 0.4) is 0 Å². The zero-order valence-electron chi connectivity index (χ0n) is 12.6. The fourth-order valence-corrected chi connectivity index (χ4v) is 3.04. The normalized spacial score (nSPS) is 26.5. The zero-order valence-corrected chi connectivity index (χ0v) is 12.6. The summed E-state index contributed by atoms with van der Waals surface area (Å²) in [6.45, 7) is 4.49. The van der Waals surface area contributed by atoms with Crippen LogP contribution in [0, 0.1) is 5.92 Å². The molecule has 1 fully saturated rings. The van der Waals surface area contributed by atoms with Crippen molar-refractivity contribution in [3.05, 3.63) is 17.5 Å². The van der Waals surface area contributed by atoms with Gasteiger partial charge in [0, 0.05) is 13.6 Å². The highest BCUT2D eigenvalue weighted by Gasteiger charge is 2.33.